The number of aromatic nitrogens is 4. The number of nitrogens with zero attached hydrogens (tertiary/aromatic N) is 4. The summed E-state index contributed by atoms with van der Waals surface area (Å²) < 4.78 is 29.0. The number of nitrogens with two attached hydrogens (primary N) is 1. The van der Waals surface area contributed by atoms with Crippen molar-refractivity contribution in [3.63, 3.8) is 0 Å². The van der Waals surface area contributed by atoms with Gasteiger partial charge in [0.2, 0.25) is 7.29 Å². The Balaban J connectivity index is 1.81. The zero-order valence-electron chi connectivity index (χ0n) is 29.1. The van der Waals surface area contributed by atoms with Crippen molar-refractivity contribution >= 4 is 41.4 Å². The Kier molecular flexibility index (Phi) is 19.6. The second-order valence-corrected chi connectivity index (χ2v) is 16.1. The predicted molar refractivity (Wildman–Crippen MR) is 193 cm³/mol. The second kappa shape index (κ2) is 22.2. The van der Waals surface area contributed by atoms with Crippen LogP contribution in [0, 0.1) is 5.92 Å². The number of rotatable bonds is 27. The van der Waals surface area contributed by atoms with Gasteiger partial charge in [-0.15, -0.1) is 0 Å². The summed E-state index contributed by atoms with van der Waals surface area (Å²) in [7, 11) is -3.12. The zero-order valence-corrected chi connectivity index (χ0v) is 30.8. The molecule has 0 saturated heterocycles. The van der Waals surface area contributed by atoms with Gasteiger partial charge in [0, 0.05) is 17.5 Å². The Hall–Kier alpha value is -1.45. The van der Waals surface area contributed by atoms with E-state index in [1.807, 2.05) is 25.3 Å². The Morgan fingerprint density at radius 3 is 2.02 bits per heavy atom. The van der Waals surface area contributed by atoms with E-state index in [4.69, 9.17) is 27.4 Å². The lowest BCUT2D eigenvalue weighted by Gasteiger charge is -2.32. The lowest BCUT2D eigenvalue weighted by molar-refractivity contribution is 0.0688. The minimum Gasteiger partial charge on any atom is -0.382 e. The van der Waals surface area contributed by atoms with Crippen LogP contribution in [0.15, 0.2) is 12.7 Å². The first kappa shape index (κ1) is 39.7. The number of ether oxygens (including phenoxy) is 2. The molecule has 2 aromatic rings. The van der Waals surface area contributed by atoms with E-state index in [-0.39, 0.29) is 24.4 Å². The normalized spacial score (nSPS) is 15.4. The van der Waals surface area contributed by atoms with E-state index in [1.165, 1.54) is 83.4 Å². The van der Waals surface area contributed by atoms with E-state index in [2.05, 4.69) is 40.8 Å². The van der Waals surface area contributed by atoms with Gasteiger partial charge in [-0.05, 0) is 32.6 Å². The maximum Gasteiger partial charge on any atom is 0.200 e. The standard InChI is InChI=1S/C34H63N6O3PS/c1-7-9-10-11-12-13-14-15-16-17-18-19-20-21-22-42-30(8-2)44(41,39-29(6)32(45)27(3)4)26-43-28(5)23-40-25-38-31-33(35)36-24-37-34(31)40/h24-25,27-30H,7-23,26H2,1-6H3,(H,39,41)(H2,35,36,37)/t28?,29-,30?,44?/m0/s1. The number of hydrogen-bond acceptors (Lipinski definition) is 8. The lowest BCUT2D eigenvalue weighted by Crippen LogP contribution is -2.38. The molecule has 0 amide bonds. The van der Waals surface area contributed by atoms with Crippen molar-refractivity contribution in [3.8, 4) is 0 Å². The largest absolute Gasteiger partial charge is 0.382 e. The quantitative estimate of drug-likeness (QED) is 0.0546. The van der Waals surface area contributed by atoms with Gasteiger partial charge in [-0.2, -0.15) is 0 Å². The smallest absolute Gasteiger partial charge is 0.200 e. The topological polar surface area (TPSA) is 117 Å². The molecule has 0 spiro atoms. The van der Waals surface area contributed by atoms with E-state index in [0.717, 1.165) is 17.7 Å². The van der Waals surface area contributed by atoms with E-state index < -0.39 is 13.1 Å². The van der Waals surface area contributed by atoms with E-state index in [1.54, 1.807) is 6.33 Å². The Labute approximate surface area is 279 Å². The van der Waals surface area contributed by atoms with Crippen LogP contribution in [0.4, 0.5) is 5.82 Å². The summed E-state index contributed by atoms with van der Waals surface area (Å²) >= 11 is 5.67. The van der Waals surface area contributed by atoms with Crippen molar-refractivity contribution in [1.82, 2.24) is 24.6 Å². The molecule has 2 aromatic heterocycles. The third kappa shape index (κ3) is 14.5. The molecule has 258 valence electrons. The van der Waals surface area contributed by atoms with Gasteiger partial charge in [0.15, 0.2) is 11.5 Å². The molecular formula is C34H63N6O3PS. The van der Waals surface area contributed by atoms with Crippen molar-refractivity contribution in [3.05, 3.63) is 12.7 Å². The van der Waals surface area contributed by atoms with Crippen LogP contribution < -0.4 is 10.8 Å². The van der Waals surface area contributed by atoms with Crippen LogP contribution in [0.25, 0.3) is 11.2 Å². The molecule has 2 heterocycles. The fraction of sp³-hybridized carbons (Fsp3) is 0.824. The molecule has 0 aliphatic heterocycles. The third-order valence-corrected chi connectivity index (χ3v) is 12.1. The van der Waals surface area contributed by atoms with Gasteiger partial charge in [-0.25, -0.2) is 15.0 Å². The van der Waals surface area contributed by atoms with Crippen molar-refractivity contribution in [2.24, 2.45) is 5.92 Å². The van der Waals surface area contributed by atoms with Crippen LogP contribution in [0.3, 0.4) is 0 Å². The number of nitrogens with one attached hydrogen (secondary N) is 1. The molecule has 0 fully saturated rings. The maximum atomic E-state index is 14.5. The van der Waals surface area contributed by atoms with Gasteiger partial charge in [0.25, 0.3) is 0 Å². The molecule has 3 unspecified atom stereocenters. The predicted octanol–water partition coefficient (Wildman–Crippen LogP) is 9.29. The minimum atomic E-state index is -3.12. The van der Waals surface area contributed by atoms with Gasteiger partial charge in [-0.1, -0.05) is 123 Å². The van der Waals surface area contributed by atoms with Crippen LogP contribution in [0.5, 0.6) is 0 Å². The van der Waals surface area contributed by atoms with Gasteiger partial charge in [-0.3, -0.25) is 5.09 Å². The Morgan fingerprint density at radius 2 is 1.47 bits per heavy atom. The number of imidazole rings is 1. The molecule has 11 heteroatoms. The fourth-order valence-electron chi connectivity index (χ4n) is 5.74. The van der Waals surface area contributed by atoms with Crippen LogP contribution in [-0.4, -0.2) is 55.3 Å². The number of fused-ring (bicyclic) bond motifs is 1. The van der Waals surface area contributed by atoms with Crippen molar-refractivity contribution in [2.45, 2.75) is 162 Å². The first-order valence-corrected chi connectivity index (χ1v) is 20.0. The van der Waals surface area contributed by atoms with Crippen molar-refractivity contribution in [2.75, 3.05) is 18.7 Å². The first-order valence-electron chi connectivity index (χ1n) is 17.7. The zero-order chi connectivity index (χ0) is 33.1. The van der Waals surface area contributed by atoms with Gasteiger partial charge < -0.3 is 24.3 Å². The molecule has 4 atom stereocenters. The molecule has 0 bridgehead atoms. The van der Waals surface area contributed by atoms with E-state index in [9.17, 15) is 4.57 Å². The number of nitrogen functional groups attached to an aromatic ring is 1. The monoisotopic (exact) mass is 666 g/mol. The maximum absolute atomic E-state index is 14.5. The summed E-state index contributed by atoms with van der Waals surface area (Å²) in [6, 6.07) is -0.194. The molecule has 0 aliphatic rings. The van der Waals surface area contributed by atoms with Crippen molar-refractivity contribution < 1.29 is 14.0 Å². The fourth-order valence-corrected chi connectivity index (χ4v) is 8.50. The summed E-state index contributed by atoms with van der Waals surface area (Å²) in [5.41, 5.74) is 7.16. The minimum absolute atomic E-state index is 0.0558. The highest BCUT2D eigenvalue weighted by molar-refractivity contribution is 7.80. The average Bonchev–Trinajstić information content (AvgIpc) is 3.43. The van der Waals surface area contributed by atoms with Crippen molar-refractivity contribution in [1.29, 1.82) is 0 Å². The molecule has 0 radical (unpaired) electrons. The Morgan fingerprint density at radius 1 is 0.889 bits per heavy atom. The molecule has 2 rings (SSSR count). The van der Waals surface area contributed by atoms with Crippen LogP contribution in [0.2, 0.25) is 0 Å². The highest BCUT2D eigenvalue weighted by Crippen LogP contribution is 2.49. The Bertz CT molecular complexity index is 1150. The number of anilines is 1. The SMILES string of the molecule is CCCCCCCCCCCCCCCCOC(CC)P(=O)(COC(C)Cn1cnc2c(N)ncnc21)N[C@@H](C)C(=S)C(C)C. The lowest BCUT2D eigenvalue weighted by atomic mass is 10.0. The first-order chi connectivity index (χ1) is 21.6. The molecule has 0 saturated carbocycles. The number of unbranched alkanes of at least 4 members (excludes halogenated alkanes) is 13. The summed E-state index contributed by atoms with van der Waals surface area (Å²) in [5, 5.41) is 3.39. The molecule has 0 aliphatic carbocycles. The average molecular weight is 667 g/mol. The van der Waals surface area contributed by atoms with Crippen LogP contribution >= 0.6 is 19.5 Å². The van der Waals surface area contributed by atoms with E-state index >= 15 is 0 Å². The van der Waals surface area contributed by atoms with Crippen LogP contribution in [0.1, 0.15) is 138 Å². The highest BCUT2D eigenvalue weighted by Gasteiger charge is 2.36. The summed E-state index contributed by atoms with van der Waals surface area (Å²) in [4.78, 5) is 13.5. The van der Waals surface area contributed by atoms with Crippen LogP contribution in [-0.2, 0) is 20.6 Å². The molecule has 3 N–H and O–H groups in total. The van der Waals surface area contributed by atoms with Gasteiger partial charge >= 0.3 is 0 Å². The third-order valence-electron chi connectivity index (χ3n) is 8.46. The number of hydrogen-bond donors (Lipinski definition) is 2. The van der Waals surface area contributed by atoms with Gasteiger partial charge in [0.1, 0.15) is 24.0 Å². The highest BCUT2D eigenvalue weighted by atomic mass is 32.1. The summed E-state index contributed by atoms with van der Waals surface area (Å²) in [5.74, 6) is 0.111. The second-order valence-electron chi connectivity index (χ2n) is 13.0. The summed E-state index contributed by atoms with van der Waals surface area (Å²) in [6.45, 7) is 13.5. The molecule has 0 aromatic carbocycles. The molecule has 45 heavy (non-hydrogen) atoms. The summed E-state index contributed by atoms with van der Waals surface area (Å²) in [6.07, 6.45) is 22.0. The molecular weight excluding hydrogens is 603 g/mol. The van der Waals surface area contributed by atoms with Gasteiger partial charge in [0.05, 0.1) is 19.0 Å². The number of thiocarbonyl (C=S) groups is 1. The molecule has 9 nitrogen and oxygen atoms in total. The van der Waals surface area contributed by atoms with E-state index in [0.29, 0.717) is 36.6 Å².